The number of aromatic amines is 1. The van der Waals surface area contributed by atoms with Gasteiger partial charge in [-0.2, -0.15) is 0 Å². The van der Waals surface area contributed by atoms with Crippen LogP contribution in [-0.2, 0) is 25.7 Å². The number of carbonyl (C=O) groups is 3. The fraction of sp³-hybridized carbons (Fsp3) is 0.276. The summed E-state index contributed by atoms with van der Waals surface area (Å²) >= 11 is 0. The standard InChI is InChI=1S/C29H29N5O4/c1-18(35)31-24-9-4-7-20-22(17-34(27(20)24)11-5-10-33-12-14-38-15-13-33)26-25(28(36)32-29(26)37)21-16-30-23-8-3-2-6-19(21)23/h2-4,6-9,16-17,30H,5,10-15H2,1H3,(H,31,35)(H,32,36,37). The van der Waals surface area contributed by atoms with Crippen LogP contribution in [0.1, 0.15) is 24.5 Å². The third-order valence-electron chi connectivity index (χ3n) is 7.25. The largest absolute Gasteiger partial charge is 0.379 e. The molecule has 2 aromatic heterocycles. The molecule has 9 nitrogen and oxygen atoms in total. The van der Waals surface area contributed by atoms with Crippen molar-refractivity contribution in [3.05, 3.63) is 66.0 Å². The van der Waals surface area contributed by atoms with Crippen LogP contribution in [0, 0.1) is 0 Å². The second-order valence-corrected chi connectivity index (χ2v) is 9.71. The third kappa shape index (κ3) is 4.29. The highest BCUT2D eigenvalue weighted by Crippen LogP contribution is 2.39. The van der Waals surface area contributed by atoms with Gasteiger partial charge in [-0.15, -0.1) is 0 Å². The Morgan fingerprint density at radius 3 is 2.47 bits per heavy atom. The van der Waals surface area contributed by atoms with Gasteiger partial charge in [-0.3, -0.25) is 24.6 Å². The minimum atomic E-state index is -0.424. The van der Waals surface area contributed by atoms with E-state index < -0.39 is 11.8 Å². The lowest BCUT2D eigenvalue weighted by Crippen LogP contribution is -2.37. The highest BCUT2D eigenvalue weighted by Gasteiger charge is 2.35. The van der Waals surface area contributed by atoms with E-state index in [1.807, 2.05) is 48.7 Å². The zero-order valence-electron chi connectivity index (χ0n) is 21.2. The molecule has 2 aliphatic rings. The van der Waals surface area contributed by atoms with Crippen molar-refractivity contribution in [1.29, 1.82) is 0 Å². The lowest BCUT2D eigenvalue weighted by Gasteiger charge is -2.26. The van der Waals surface area contributed by atoms with Gasteiger partial charge in [-0.1, -0.05) is 30.3 Å². The minimum absolute atomic E-state index is 0.174. The molecule has 194 valence electrons. The molecule has 0 spiro atoms. The number of H-pyrrole nitrogens is 1. The van der Waals surface area contributed by atoms with E-state index in [0.717, 1.165) is 61.1 Å². The first kappa shape index (κ1) is 24.1. The summed E-state index contributed by atoms with van der Waals surface area (Å²) in [6, 6.07) is 13.4. The maximum absolute atomic E-state index is 13.3. The second kappa shape index (κ2) is 9.92. The van der Waals surface area contributed by atoms with Crippen molar-refractivity contribution in [2.75, 3.05) is 38.2 Å². The van der Waals surface area contributed by atoms with Crippen molar-refractivity contribution in [1.82, 2.24) is 19.8 Å². The molecule has 0 bridgehead atoms. The molecule has 2 aromatic carbocycles. The van der Waals surface area contributed by atoms with Crippen molar-refractivity contribution < 1.29 is 19.1 Å². The van der Waals surface area contributed by atoms with Crippen LogP contribution in [0.2, 0.25) is 0 Å². The van der Waals surface area contributed by atoms with Crippen LogP contribution in [0.3, 0.4) is 0 Å². The van der Waals surface area contributed by atoms with Crippen LogP contribution in [0.5, 0.6) is 0 Å². The number of aromatic nitrogens is 2. The minimum Gasteiger partial charge on any atom is -0.379 e. The highest BCUT2D eigenvalue weighted by molar-refractivity contribution is 6.50. The number of anilines is 1. The Balaban J connectivity index is 1.48. The molecule has 0 unspecified atom stereocenters. The maximum Gasteiger partial charge on any atom is 0.259 e. The molecule has 4 aromatic rings. The molecule has 1 fully saturated rings. The van der Waals surface area contributed by atoms with Gasteiger partial charge in [0.2, 0.25) is 5.91 Å². The number of rotatable bonds is 7. The lowest BCUT2D eigenvalue weighted by atomic mass is 9.95. The van der Waals surface area contributed by atoms with Gasteiger partial charge in [0.1, 0.15) is 0 Å². The fourth-order valence-corrected chi connectivity index (χ4v) is 5.56. The SMILES string of the molecule is CC(=O)Nc1cccc2c(C3=C(c4c[nH]c5ccccc45)C(=O)NC3=O)cn(CCCN3CCOCC3)c12. The van der Waals surface area contributed by atoms with Crippen LogP contribution in [0.25, 0.3) is 33.0 Å². The van der Waals surface area contributed by atoms with Gasteiger partial charge in [0.25, 0.3) is 11.8 Å². The molecule has 38 heavy (non-hydrogen) atoms. The average Bonchev–Trinajstić information content (AvgIpc) is 3.57. The topological polar surface area (TPSA) is 108 Å². The molecule has 2 aliphatic heterocycles. The number of fused-ring (bicyclic) bond motifs is 2. The lowest BCUT2D eigenvalue weighted by molar-refractivity contribution is -0.123. The van der Waals surface area contributed by atoms with Gasteiger partial charge in [-0.05, 0) is 18.6 Å². The van der Waals surface area contributed by atoms with Gasteiger partial charge < -0.3 is 19.6 Å². The number of amides is 3. The molecule has 4 heterocycles. The number of para-hydroxylation sites is 2. The van der Waals surface area contributed by atoms with Crippen LogP contribution in [0.4, 0.5) is 5.69 Å². The Hall–Kier alpha value is -4.21. The Morgan fingerprint density at radius 2 is 1.68 bits per heavy atom. The summed E-state index contributed by atoms with van der Waals surface area (Å²) in [6.07, 6.45) is 4.61. The average molecular weight is 512 g/mol. The number of hydrogen-bond donors (Lipinski definition) is 3. The van der Waals surface area contributed by atoms with Crippen molar-refractivity contribution in [3.63, 3.8) is 0 Å². The second-order valence-electron chi connectivity index (χ2n) is 9.71. The van der Waals surface area contributed by atoms with E-state index >= 15 is 0 Å². The van der Waals surface area contributed by atoms with Gasteiger partial charge in [0, 0.05) is 72.9 Å². The fourth-order valence-electron chi connectivity index (χ4n) is 5.56. The number of aryl methyl sites for hydroxylation is 1. The van der Waals surface area contributed by atoms with E-state index in [4.69, 9.17) is 4.74 Å². The highest BCUT2D eigenvalue weighted by atomic mass is 16.5. The van der Waals surface area contributed by atoms with Gasteiger partial charge >= 0.3 is 0 Å². The number of benzene rings is 2. The van der Waals surface area contributed by atoms with Crippen LogP contribution in [0.15, 0.2) is 54.9 Å². The van der Waals surface area contributed by atoms with E-state index in [2.05, 4.69) is 25.1 Å². The third-order valence-corrected chi connectivity index (χ3v) is 7.25. The number of nitrogens with zero attached hydrogens (tertiary/aromatic N) is 2. The number of imide groups is 1. The summed E-state index contributed by atoms with van der Waals surface area (Å²) in [7, 11) is 0. The van der Waals surface area contributed by atoms with Crippen molar-refractivity contribution in [3.8, 4) is 0 Å². The molecule has 3 N–H and O–H groups in total. The van der Waals surface area contributed by atoms with E-state index in [1.54, 1.807) is 6.20 Å². The summed E-state index contributed by atoms with van der Waals surface area (Å²) in [5.41, 5.74) is 4.44. The summed E-state index contributed by atoms with van der Waals surface area (Å²) in [6.45, 7) is 6.41. The first-order valence-corrected chi connectivity index (χ1v) is 12.9. The summed E-state index contributed by atoms with van der Waals surface area (Å²) in [4.78, 5) is 44.0. The molecule has 0 atom stereocenters. The van der Waals surface area contributed by atoms with Crippen LogP contribution in [-0.4, -0.2) is 65.0 Å². The molecular formula is C29H29N5O4. The Morgan fingerprint density at radius 1 is 0.947 bits per heavy atom. The van der Waals surface area contributed by atoms with Crippen molar-refractivity contribution in [2.45, 2.75) is 19.9 Å². The van der Waals surface area contributed by atoms with Gasteiger partial charge in [0.15, 0.2) is 0 Å². The smallest absolute Gasteiger partial charge is 0.259 e. The molecule has 0 radical (unpaired) electrons. The normalized spacial score (nSPS) is 16.6. The number of hydrogen-bond acceptors (Lipinski definition) is 5. The van der Waals surface area contributed by atoms with E-state index in [9.17, 15) is 14.4 Å². The van der Waals surface area contributed by atoms with Gasteiger partial charge in [-0.25, -0.2) is 0 Å². The number of ether oxygens (including phenoxy) is 1. The Bertz CT molecular complexity index is 1610. The van der Waals surface area contributed by atoms with Crippen LogP contribution < -0.4 is 10.6 Å². The first-order chi connectivity index (χ1) is 18.5. The number of carbonyl (C=O) groups excluding carboxylic acids is 3. The quantitative estimate of drug-likeness (QED) is 0.330. The van der Waals surface area contributed by atoms with E-state index in [0.29, 0.717) is 34.5 Å². The zero-order valence-corrected chi connectivity index (χ0v) is 21.2. The number of nitrogens with one attached hydrogen (secondary N) is 3. The number of morpholine rings is 1. The molecular weight excluding hydrogens is 482 g/mol. The van der Waals surface area contributed by atoms with Gasteiger partial charge in [0.05, 0.1) is 35.6 Å². The molecule has 6 rings (SSSR count). The predicted octanol–water partition coefficient (Wildman–Crippen LogP) is 3.37. The summed E-state index contributed by atoms with van der Waals surface area (Å²) < 4.78 is 7.55. The zero-order chi connectivity index (χ0) is 26.2. The predicted molar refractivity (Wildman–Crippen MR) is 146 cm³/mol. The molecule has 3 amide bonds. The molecule has 0 saturated carbocycles. The van der Waals surface area contributed by atoms with Crippen molar-refractivity contribution >= 4 is 56.4 Å². The Kier molecular flexibility index (Phi) is 6.30. The molecule has 1 saturated heterocycles. The van der Waals surface area contributed by atoms with Crippen LogP contribution >= 0.6 is 0 Å². The first-order valence-electron chi connectivity index (χ1n) is 12.9. The molecule has 9 heteroatoms. The Labute approximate surface area is 219 Å². The maximum atomic E-state index is 13.3. The van der Waals surface area contributed by atoms with Crippen molar-refractivity contribution in [2.24, 2.45) is 0 Å². The summed E-state index contributed by atoms with van der Waals surface area (Å²) in [5.74, 6) is -1.01. The van der Waals surface area contributed by atoms with E-state index in [1.165, 1.54) is 6.92 Å². The monoisotopic (exact) mass is 511 g/mol. The molecule has 0 aliphatic carbocycles. The van der Waals surface area contributed by atoms with E-state index in [-0.39, 0.29) is 5.91 Å². The summed E-state index contributed by atoms with van der Waals surface area (Å²) in [5, 5.41) is 7.13.